The first-order valence-corrected chi connectivity index (χ1v) is 8.43. The van der Waals surface area contributed by atoms with Crippen LogP contribution < -0.4 is 17.4 Å². The molecule has 2 aromatic heterocycles. The third-order valence-electron chi connectivity index (χ3n) is 4.08. The van der Waals surface area contributed by atoms with Crippen molar-refractivity contribution in [2.45, 2.75) is 0 Å². The highest BCUT2D eigenvalue weighted by atomic mass is 16.5. The molecule has 4 aromatic rings. The number of fused-ring (bicyclic) bond motifs is 2. The molecule has 0 spiro atoms. The number of ketones is 1. The van der Waals surface area contributed by atoms with Gasteiger partial charge in [-0.25, -0.2) is 4.79 Å². The standard InChI is InChI=1S/C10H10N2O.C10H9NO2.H4N2.H2O/c11-6-10(13)8-2-1-3-9-7(8)4-5-12-9;1-13-10(12)8-3-2-4-9-7(8)5-6-11-9;1-2;/h1-5,12H,6,11H2;2-6,11H,1H3;1-2H2;1H2. The first-order chi connectivity index (χ1) is 13.7. The predicted octanol–water partition coefficient (Wildman–Crippen LogP) is 1.26. The highest BCUT2D eigenvalue weighted by molar-refractivity contribution is 6.08. The number of hydrogen-bond donors (Lipinski definition) is 5. The van der Waals surface area contributed by atoms with E-state index >= 15 is 0 Å². The summed E-state index contributed by atoms with van der Waals surface area (Å²) in [6.45, 7) is 0.0598. The Morgan fingerprint density at radius 3 is 1.83 bits per heavy atom. The van der Waals surface area contributed by atoms with Crippen LogP contribution >= 0.6 is 0 Å². The van der Waals surface area contributed by atoms with E-state index in [1.165, 1.54) is 7.11 Å². The molecule has 4 rings (SSSR count). The largest absolute Gasteiger partial charge is 0.465 e. The molecular weight excluding hydrogens is 374 g/mol. The number of ether oxygens (including phenoxy) is 1. The van der Waals surface area contributed by atoms with Gasteiger partial charge in [-0.2, -0.15) is 0 Å². The average Bonchev–Trinajstić information content (AvgIpc) is 3.43. The second kappa shape index (κ2) is 11.4. The van der Waals surface area contributed by atoms with E-state index in [1.807, 2.05) is 42.6 Å². The lowest BCUT2D eigenvalue weighted by atomic mass is 10.1. The Morgan fingerprint density at radius 1 is 0.862 bits per heavy atom. The smallest absolute Gasteiger partial charge is 0.338 e. The summed E-state index contributed by atoms with van der Waals surface area (Å²) < 4.78 is 4.66. The Balaban J connectivity index is 0.000000259. The van der Waals surface area contributed by atoms with Crippen molar-refractivity contribution in [1.29, 1.82) is 0 Å². The summed E-state index contributed by atoms with van der Waals surface area (Å²) in [7, 11) is 1.38. The summed E-state index contributed by atoms with van der Waals surface area (Å²) in [6, 6.07) is 14.8. The molecule has 0 bridgehead atoms. The van der Waals surface area contributed by atoms with Gasteiger partial charge in [0, 0.05) is 39.8 Å². The predicted molar refractivity (Wildman–Crippen MR) is 113 cm³/mol. The van der Waals surface area contributed by atoms with Crippen LogP contribution in [0.2, 0.25) is 0 Å². The number of H-pyrrole nitrogens is 2. The fourth-order valence-corrected chi connectivity index (χ4v) is 2.81. The fraction of sp³-hybridized carbons (Fsp3) is 0.100. The zero-order chi connectivity index (χ0) is 20.5. The van der Waals surface area contributed by atoms with Gasteiger partial charge >= 0.3 is 5.97 Å². The molecule has 9 nitrogen and oxygen atoms in total. The lowest BCUT2D eigenvalue weighted by Crippen LogP contribution is -2.13. The van der Waals surface area contributed by atoms with Crippen LogP contribution in [-0.2, 0) is 4.74 Å². The van der Waals surface area contributed by atoms with E-state index in [0.29, 0.717) is 11.1 Å². The number of aromatic nitrogens is 2. The number of nitrogens with one attached hydrogen (secondary N) is 2. The molecule has 29 heavy (non-hydrogen) atoms. The third kappa shape index (κ3) is 5.27. The quantitative estimate of drug-likeness (QED) is 0.149. The first-order valence-electron chi connectivity index (χ1n) is 8.43. The molecule has 2 heterocycles. The van der Waals surface area contributed by atoms with Crippen molar-refractivity contribution in [3.63, 3.8) is 0 Å². The summed E-state index contributed by atoms with van der Waals surface area (Å²) in [5.74, 6) is 7.68. The van der Waals surface area contributed by atoms with E-state index in [9.17, 15) is 9.59 Å². The van der Waals surface area contributed by atoms with E-state index in [0.717, 1.165) is 21.8 Å². The lowest BCUT2D eigenvalue weighted by molar-refractivity contribution is 0.0603. The Labute approximate surface area is 167 Å². The van der Waals surface area contributed by atoms with Crippen LogP contribution in [0.5, 0.6) is 0 Å². The van der Waals surface area contributed by atoms with E-state index in [1.54, 1.807) is 18.3 Å². The van der Waals surface area contributed by atoms with Crippen molar-refractivity contribution in [3.8, 4) is 0 Å². The highest BCUT2D eigenvalue weighted by Gasteiger charge is 2.09. The molecule has 10 N–H and O–H groups in total. The Hall–Kier alpha value is -3.50. The molecule has 0 saturated heterocycles. The van der Waals surface area contributed by atoms with Crippen molar-refractivity contribution in [3.05, 3.63) is 72.1 Å². The minimum Gasteiger partial charge on any atom is -0.465 e. The third-order valence-corrected chi connectivity index (χ3v) is 4.08. The molecule has 0 saturated carbocycles. The van der Waals surface area contributed by atoms with Gasteiger partial charge in [0.05, 0.1) is 19.2 Å². The van der Waals surface area contributed by atoms with Gasteiger partial charge in [-0.15, -0.1) is 0 Å². The monoisotopic (exact) mass is 399 g/mol. The van der Waals surface area contributed by atoms with Crippen molar-refractivity contribution >= 4 is 33.6 Å². The summed E-state index contributed by atoms with van der Waals surface area (Å²) in [5.41, 5.74) is 8.52. The number of hydrogen-bond acceptors (Lipinski definition) is 6. The molecule has 0 atom stereocenters. The summed E-state index contributed by atoms with van der Waals surface area (Å²) in [4.78, 5) is 28.8. The molecule has 0 aliphatic carbocycles. The Morgan fingerprint density at radius 2 is 1.34 bits per heavy atom. The molecule has 0 radical (unpaired) electrons. The van der Waals surface area contributed by atoms with Crippen LogP contribution in [0.1, 0.15) is 20.7 Å². The van der Waals surface area contributed by atoms with Gasteiger partial charge in [0.25, 0.3) is 0 Å². The molecule has 0 unspecified atom stereocenters. The maximum Gasteiger partial charge on any atom is 0.338 e. The second-order valence-corrected chi connectivity index (χ2v) is 5.61. The van der Waals surface area contributed by atoms with Crippen LogP contribution in [-0.4, -0.2) is 40.9 Å². The minimum absolute atomic E-state index is 0. The van der Waals surface area contributed by atoms with Gasteiger partial charge < -0.3 is 25.9 Å². The Kier molecular flexibility index (Phi) is 9.23. The molecule has 0 aliphatic rings. The van der Waals surface area contributed by atoms with Crippen molar-refractivity contribution in [2.75, 3.05) is 13.7 Å². The van der Waals surface area contributed by atoms with Gasteiger partial charge in [0.1, 0.15) is 0 Å². The van der Waals surface area contributed by atoms with E-state index in [2.05, 4.69) is 26.4 Å². The average molecular weight is 399 g/mol. The number of carbonyl (C=O) groups is 2. The molecule has 154 valence electrons. The van der Waals surface area contributed by atoms with Gasteiger partial charge in [-0.3, -0.25) is 16.5 Å². The topological polar surface area (TPSA) is 185 Å². The summed E-state index contributed by atoms with van der Waals surface area (Å²) >= 11 is 0. The van der Waals surface area contributed by atoms with Gasteiger partial charge in [-0.1, -0.05) is 18.2 Å². The zero-order valence-electron chi connectivity index (χ0n) is 15.9. The number of Topliss-reactive ketones (excluding diaryl/α,β-unsaturated/α-hetero) is 1. The van der Waals surface area contributed by atoms with Crippen LogP contribution in [0.4, 0.5) is 0 Å². The number of rotatable bonds is 3. The Bertz CT molecular complexity index is 985. The van der Waals surface area contributed by atoms with Crippen LogP contribution in [0.15, 0.2) is 60.9 Å². The zero-order valence-corrected chi connectivity index (χ0v) is 15.9. The van der Waals surface area contributed by atoms with E-state index in [4.69, 9.17) is 5.73 Å². The number of hydrazine groups is 1. The molecule has 2 aromatic carbocycles. The van der Waals surface area contributed by atoms with Crippen LogP contribution in [0.25, 0.3) is 21.8 Å². The number of nitrogens with two attached hydrogens (primary N) is 3. The first kappa shape index (κ1) is 23.5. The minimum atomic E-state index is -0.301. The lowest BCUT2D eigenvalue weighted by Gasteiger charge is -1.99. The SMILES string of the molecule is COC(=O)c1cccc2[nH]ccc12.NCC(=O)c1cccc2[nH]ccc12.NN.O. The van der Waals surface area contributed by atoms with Crippen LogP contribution in [0.3, 0.4) is 0 Å². The number of aromatic amines is 2. The van der Waals surface area contributed by atoms with Crippen LogP contribution in [0, 0.1) is 0 Å². The highest BCUT2D eigenvalue weighted by Crippen LogP contribution is 2.18. The fourth-order valence-electron chi connectivity index (χ4n) is 2.81. The van der Waals surface area contributed by atoms with Crippen molar-refractivity contribution < 1.29 is 19.8 Å². The van der Waals surface area contributed by atoms with E-state index in [-0.39, 0.29) is 23.8 Å². The molecule has 9 heteroatoms. The number of carbonyl (C=O) groups excluding carboxylic acids is 2. The molecule has 0 amide bonds. The summed E-state index contributed by atoms with van der Waals surface area (Å²) in [6.07, 6.45) is 3.62. The maximum atomic E-state index is 11.4. The maximum absolute atomic E-state index is 11.4. The van der Waals surface area contributed by atoms with Gasteiger partial charge in [-0.05, 0) is 30.3 Å². The van der Waals surface area contributed by atoms with E-state index < -0.39 is 0 Å². The normalized spacial score (nSPS) is 9.52. The molecule has 0 fully saturated rings. The van der Waals surface area contributed by atoms with Gasteiger partial charge in [0.2, 0.25) is 0 Å². The second-order valence-electron chi connectivity index (χ2n) is 5.61. The van der Waals surface area contributed by atoms with Crippen molar-refractivity contribution in [1.82, 2.24) is 9.97 Å². The number of benzene rings is 2. The number of methoxy groups -OCH3 is 1. The molecular formula is C20H25N5O4. The number of esters is 1. The van der Waals surface area contributed by atoms with Gasteiger partial charge in [0.15, 0.2) is 5.78 Å². The van der Waals surface area contributed by atoms with Crippen molar-refractivity contribution in [2.24, 2.45) is 17.4 Å². The molecule has 0 aliphatic heterocycles. The summed E-state index contributed by atoms with van der Waals surface area (Å²) in [5, 5.41) is 1.84.